The average Bonchev–Trinajstić information content (AvgIpc) is 3.02. The first-order valence-corrected chi connectivity index (χ1v) is 5.87. The van der Waals surface area contributed by atoms with Gasteiger partial charge in [0.1, 0.15) is 0 Å². The standard InChI is InChI=1S/C10H12N4OS/c15-9-13-4-3-11-5-8(13)12-14(9)6-10(7-16)1-2-10/h3-5,16H,1-2,6-7H2. The SMILES string of the molecule is O=c1n(CC2(CS)CC2)nc2cnccn12. The molecule has 1 aliphatic carbocycles. The highest BCUT2D eigenvalue weighted by Gasteiger charge is 2.42. The molecule has 2 heterocycles. The molecule has 3 rings (SSSR count). The van der Waals surface area contributed by atoms with Crippen molar-refractivity contribution in [3.05, 3.63) is 29.1 Å². The van der Waals surface area contributed by atoms with Crippen LogP contribution in [0, 0.1) is 5.41 Å². The summed E-state index contributed by atoms with van der Waals surface area (Å²) >= 11 is 4.33. The van der Waals surface area contributed by atoms with E-state index < -0.39 is 0 Å². The molecular formula is C10H12N4OS. The van der Waals surface area contributed by atoms with Crippen molar-refractivity contribution in [2.45, 2.75) is 19.4 Å². The van der Waals surface area contributed by atoms with Crippen molar-refractivity contribution in [3.8, 4) is 0 Å². The van der Waals surface area contributed by atoms with Crippen LogP contribution in [0.5, 0.6) is 0 Å². The van der Waals surface area contributed by atoms with Crippen LogP contribution in [-0.4, -0.2) is 24.9 Å². The molecule has 1 saturated carbocycles. The number of hydrogen-bond donors (Lipinski definition) is 1. The number of nitrogens with zero attached hydrogens (tertiary/aromatic N) is 4. The normalized spacial score (nSPS) is 17.8. The van der Waals surface area contributed by atoms with Gasteiger partial charge in [-0.2, -0.15) is 12.6 Å². The first-order valence-electron chi connectivity index (χ1n) is 5.24. The Labute approximate surface area is 97.5 Å². The second kappa shape index (κ2) is 3.35. The molecule has 84 valence electrons. The molecule has 1 aliphatic rings. The van der Waals surface area contributed by atoms with E-state index in [1.54, 1.807) is 18.6 Å². The van der Waals surface area contributed by atoms with Gasteiger partial charge in [0.25, 0.3) is 0 Å². The fourth-order valence-corrected chi connectivity index (χ4v) is 2.26. The van der Waals surface area contributed by atoms with Crippen LogP contribution < -0.4 is 5.69 Å². The van der Waals surface area contributed by atoms with E-state index in [0.29, 0.717) is 12.2 Å². The highest BCUT2D eigenvalue weighted by molar-refractivity contribution is 7.80. The topological polar surface area (TPSA) is 52.2 Å². The van der Waals surface area contributed by atoms with E-state index >= 15 is 0 Å². The molecule has 2 aromatic rings. The minimum Gasteiger partial charge on any atom is -0.259 e. The first-order chi connectivity index (χ1) is 7.74. The molecule has 1 fully saturated rings. The quantitative estimate of drug-likeness (QED) is 0.794. The molecule has 0 aliphatic heterocycles. The van der Waals surface area contributed by atoms with Gasteiger partial charge in [0.15, 0.2) is 5.65 Å². The summed E-state index contributed by atoms with van der Waals surface area (Å²) < 4.78 is 3.04. The molecule has 0 aromatic carbocycles. The second-order valence-electron chi connectivity index (χ2n) is 4.40. The lowest BCUT2D eigenvalue weighted by atomic mass is 10.1. The molecule has 0 atom stereocenters. The van der Waals surface area contributed by atoms with Crippen molar-refractivity contribution < 1.29 is 0 Å². The Morgan fingerprint density at radius 2 is 2.31 bits per heavy atom. The third kappa shape index (κ3) is 1.44. The maximum atomic E-state index is 12.0. The molecule has 0 radical (unpaired) electrons. The zero-order chi connectivity index (χ0) is 11.2. The summed E-state index contributed by atoms with van der Waals surface area (Å²) in [5.41, 5.74) is 0.700. The van der Waals surface area contributed by atoms with Gasteiger partial charge in [-0.05, 0) is 24.0 Å². The number of hydrogen-bond acceptors (Lipinski definition) is 4. The summed E-state index contributed by atoms with van der Waals surface area (Å²) in [4.78, 5) is 15.9. The van der Waals surface area contributed by atoms with Crippen LogP contribution in [0.4, 0.5) is 0 Å². The minimum absolute atomic E-state index is 0.0922. The molecule has 0 bridgehead atoms. The third-order valence-corrected chi connectivity index (χ3v) is 3.84. The van der Waals surface area contributed by atoms with Gasteiger partial charge in [-0.25, -0.2) is 13.9 Å². The molecule has 2 aromatic heterocycles. The van der Waals surface area contributed by atoms with Crippen LogP contribution in [0.1, 0.15) is 12.8 Å². The molecule has 0 saturated heterocycles. The highest BCUT2D eigenvalue weighted by atomic mass is 32.1. The lowest BCUT2D eigenvalue weighted by Gasteiger charge is -2.09. The summed E-state index contributed by atoms with van der Waals surface area (Å²) in [6.07, 6.45) is 7.09. The molecular weight excluding hydrogens is 224 g/mol. The maximum Gasteiger partial charge on any atom is 0.350 e. The Hall–Kier alpha value is -1.30. The van der Waals surface area contributed by atoms with E-state index in [4.69, 9.17) is 0 Å². The Morgan fingerprint density at radius 3 is 2.94 bits per heavy atom. The number of thiol groups is 1. The van der Waals surface area contributed by atoms with Crippen LogP contribution >= 0.6 is 12.6 Å². The van der Waals surface area contributed by atoms with E-state index in [-0.39, 0.29) is 11.1 Å². The Morgan fingerprint density at radius 1 is 1.50 bits per heavy atom. The molecule has 6 heteroatoms. The summed E-state index contributed by atoms with van der Waals surface area (Å²) in [6.45, 7) is 0.664. The van der Waals surface area contributed by atoms with Crippen LogP contribution in [0.2, 0.25) is 0 Å². The molecule has 0 N–H and O–H groups in total. The van der Waals surface area contributed by atoms with Gasteiger partial charge in [0.05, 0.1) is 12.7 Å². The summed E-state index contributed by atoms with van der Waals surface area (Å²) in [6, 6.07) is 0. The number of aromatic nitrogens is 4. The molecule has 0 unspecified atom stereocenters. The van der Waals surface area contributed by atoms with Crippen molar-refractivity contribution in [1.29, 1.82) is 0 Å². The second-order valence-corrected chi connectivity index (χ2v) is 4.72. The fraction of sp³-hybridized carbons (Fsp3) is 0.500. The fourth-order valence-electron chi connectivity index (χ4n) is 1.84. The van der Waals surface area contributed by atoms with Crippen molar-refractivity contribution in [2.75, 3.05) is 5.75 Å². The van der Waals surface area contributed by atoms with E-state index in [9.17, 15) is 4.79 Å². The zero-order valence-corrected chi connectivity index (χ0v) is 9.60. The van der Waals surface area contributed by atoms with Gasteiger partial charge in [0.2, 0.25) is 0 Å². The number of fused-ring (bicyclic) bond motifs is 1. The van der Waals surface area contributed by atoms with Crippen molar-refractivity contribution in [2.24, 2.45) is 5.41 Å². The molecule has 0 spiro atoms. The predicted octanol–water partition coefficient (Wildman–Crippen LogP) is 0.601. The number of rotatable bonds is 3. The smallest absolute Gasteiger partial charge is 0.259 e. The van der Waals surface area contributed by atoms with Gasteiger partial charge in [-0.15, -0.1) is 5.10 Å². The Balaban J connectivity index is 2.04. The minimum atomic E-state index is -0.0922. The average molecular weight is 236 g/mol. The Kier molecular flexibility index (Phi) is 2.07. The van der Waals surface area contributed by atoms with Gasteiger partial charge >= 0.3 is 5.69 Å². The van der Waals surface area contributed by atoms with Crippen LogP contribution in [-0.2, 0) is 6.54 Å². The van der Waals surface area contributed by atoms with Gasteiger partial charge in [-0.1, -0.05) is 0 Å². The van der Waals surface area contributed by atoms with Crippen LogP contribution in [0.15, 0.2) is 23.4 Å². The molecule has 16 heavy (non-hydrogen) atoms. The monoisotopic (exact) mass is 236 g/mol. The molecule has 0 amide bonds. The highest BCUT2D eigenvalue weighted by Crippen LogP contribution is 2.47. The van der Waals surface area contributed by atoms with Gasteiger partial charge in [-0.3, -0.25) is 4.98 Å². The molecule has 5 nitrogen and oxygen atoms in total. The van der Waals surface area contributed by atoms with Crippen LogP contribution in [0.25, 0.3) is 5.65 Å². The third-order valence-electron chi connectivity index (χ3n) is 3.17. The van der Waals surface area contributed by atoms with Crippen molar-refractivity contribution in [3.63, 3.8) is 0 Å². The zero-order valence-electron chi connectivity index (χ0n) is 8.70. The first kappa shape index (κ1) is 9.89. The summed E-state index contributed by atoms with van der Waals surface area (Å²) in [7, 11) is 0. The van der Waals surface area contributed by atoms with E-state index in [2.05, 4.69) is 22.7 Å². The van der Waals surface area contributed by atoms with Crippen molar-refractivity contribution in [1.82, 2.24) is 19.2 Å². The lowest BCUT2D eigenvalue weighted by molar-refractivity contribution is 0.430. The maximum absolute atomic E-state index is 12.0. The van der Waals surface area contributed by atoms with Gasteiger partial charge < -0.3 is 0 Å². The van der Waals surface area contributed by atoms with E-state index in [0.717, 1.165) is 18.6 Å². The van der Waals surface area contributed by atoms with E-state index in [1.807, 2.05) is 0 Å². The van der Waals surface area contributed by atoms with Gasteiger partial charge in [0, 0.05) is 12.4 Å². The lowest BCUT2D eigenvalue weighted by Crippen LogP contribution is -2.26. The predicted molar refractivity (Wildman–Crippen MR) is 62.8 cm³/mol. The summed E-state index contributed by atoms with van der Waals surface area (Å²) in [5, 5.41) is 4.26. The largest absolute Gasteiger partial charge is 0.350 e. The van der Waals surface area contributed by atoms with Crippen LogP contribution in [0.3, 0.4) is 0 Å². The van der Waals surface area contributed by atoms with Crippen molar-refractivity contribution >= 4 is 18.3 Å². The Bertz CT molecular complexity index is 584. The summed E-state index contributed by atoms with van der Waals surface area (Å²) in [5.74, 6) is 0.811. The van der Waals surface area contributed by atoms with E-state index in [1.165, 1.54) is 9.08 Å².